The highest BCUT2D eigenvalue weighted by molar-refractivity contribution is 9.10. The number of ether oxygens (including phenoxy) is 2. The zero-order valence-electron chi connectivity index (χ0n) is 43.3. The molecule has 6 aromatic rings. The molecule has 2 fully saturated rings. The number of H-pyrrole nitrogens is 2. The van der Waals surface area contributed by atoms with Crippen LogP contribution in [0.1, 0.15) is 153 Å². The summed E-state index contributed by atoms with van der Waals surface area (Å²) in [4.78, 5) is 86.4. The molecule has 75 heavy (non-hydrogen) atoms. The Balaban J connectivity index is 0.715. The molecule has 2 aromatic carbocycles. The van der Waals surface area contributed by atoms with Gasteiger partial charge in [0.2, 0.25) is 0 Å². The standard InChI is InChI=1S/C59H60BrN9O6/c1-55(2,3)74-53(72)68-51(70)43-39-19-15-36-31-62-49(66-45(36)47(39)64-41(43)29-58(68)22-7-23-58)34-11-9-33(10-12-34)21-26-57(6,61)28-27-56(4,5)75-54(73)69-52(71)44-40-20-16-37-32-63-50(35-13-17-38(60)18-14-35)67-46(37)48(40)65-42(44)30-59(69)24-8-25-59/h9-14,17-18,31-32,64-65H,7-8,15-16,19-20,22-25,27-30,61H2,1-6H3. The van der Waals surface area contributed by atoms with Crippen molar-refractivity contribution in [1.82, 2.24) is 39.7 Å². The smallest absolute Gasteiger partial charge is 0.417 e. The largest absolute Gasteiger partial charge is 0.443 e. The van der Waals surface area contributed by atoms with Gasteiger partial charge in [-0.15, -0.1) is 0 Å². The summed E-state index contributed by atoms with van der Waals surface area (Å²) in [5.41, 5.74) is 15.3. The van der Waals surface area contributed by atoms with Crippen LogP contribution in [-0.4, -0.2) is 91.5 Å². The van der Waals surface area contributed by atoms with E-state index in [2.05, 4.69) is 42.7 Å². The lowest BCUT2D eigenvalue weighted by Gasteiger charge is -2.51. The minimum absolute atomic E-state index is 0.295. The van der Waals surface area contributed by atoms with Gasteiger partial charge >= 0.3 is 12.2 Å². The second kappa shape index (κ2) is 17.6. The number of imide groups is 2. The molecule has 16 heteroatoms. The highest BCUT2D eigenvalue weighted by atomic mass is 79.9. The zero-order valence-corrected chi connectivity index (χ0v) is 44.8. The third kappa shape index (κ3) is 8.56. The second-order valence-corrected chi connectivity index (χ2v) is 24.4. The van der Waals surface area contributed by atoms with Crippen LogP contribution in [0.5, 0.6) is 0 Å². The Hall–Kier alpha value is -6.96. The molecule has 4 aliphatic carbocycles. The van der Waals surface area contributed by atoms with Crippen LogP contribution in [0.25, 0.3) is 45.6 Å². The minimum atomic E-state index is -0.951. The molecule has 2 spiro atoms. The molecule has 4 N–H and O–H groups in total. The first kappa shape index (κ1) is 48.9. The van der Waals surface area contributed by atoms with Gasteiger partial charge in [-0.1, -0.05) is 39.9 Å². The summed E-state index contributed by atoms with van der Waals surface area (Å²) in [7, 11) is 0. The number of nitrogens with one attached hydrogen (secondary N) is 2. The number of hydrogen-bond acceptors (Lipinski definition) is 11. The lowest BCUT2D eigenvalue weighted by atomic mass is 9.69. The molecule has 15 nitrogen and oxygen atoms in total. The number of halogens is 1. The number of amides is 4. The summed E-state index contributed by atoms with van der Waals surface area (Å²) < 4.78 is 13.0. The van der Waals surface area contributed by atoms with Crippen molar-refractivity contribution >= 4 is 39.9 Å². The van der Waals surface area contributed by atoms with Crippen molar-refractivity contribution in [1.29, 1.82) is 0 Å². The van der Waals surface area contributed by atoms with E-state index in [1.54, 1.807) is 0 Å². The van der Waals surface area contributed by atoms with E-state index in [-0.39, 0.29) is 11.8 Å². The van der Waals surface area contributed by atoms with Crippen LogP contribution in [0.15, 0.2) is 65.4 Å². The van der Waals surface area contributed by atoms with E-state index in [0.717, 1.165) is 103 Å². The second-order valence-electron chi connectivity index (χ2n) is 23.4. The number of nitrogens with two attached hydrogens (primary N) is 1. The van der Waals surface area contributed by atoms with E-state index < -0.39 is 40.0 Å². The maximum Gasteiger partial charge on any atom is 0.417 e. The average Bonchev–Trinajstić information content (AvgIpc) is 3.93. The normalized spacial score (nSPS) is 18.5. The summed E-state index contributed by atoms with van der Waals surface area (Å²) in [6, 6.07) is 15.6. The number of carbonyl (C=O) groups is 4. The number of fused-ring (bicyclic) bond motifs is 10. The van der Waals surface area contributed by atoms with Gasteiger partial charge in [-0.25, -0.2) is 39.3 Å². The van der Waals surface area contributed by atoms with Crippen LogP contribution in [0, 0.1) is 11.8 Å². The third-order valence-corrected chi connectivity index (χ3v) is 16.9. The summed E-state index contributed by atoms with van der Waals surface area (Å²) in [6.07, 6.45) is 11.9. The SMILES string of the molecule is CC(N)(C#Cc1ccc(-c2ncc3c(n2)-c2[nH]c4c(c2CC3)C(=O)N(C(=O)OC(C)(C)C)C2(CCC2)C4)cc1)CCC(C)(C)OC(=O)N1C(=O)c2c([nH]c3c2CCc2cnc(-c4ccc(Br)cc4)nc2-3)CC12CCC2. The number of nitrogens with zero attached hydrogens (tertiary/aromatic N) is 6. The van der Waals surface area contributed by atoms with Gasteiger partial charge in [-0.05, 0) is 177 Å². The van der Waals surface area contributed by atoms with Gasteiger partial charge in [0, 0.05) is 57.8 Å². The molecule has 1 unspecified atom stereocenters. The molecule has 12 rings (SSSR count). The van der Waals surface area contributed by atoms with Crippen molar-refractivity contribution in [3.05, 3.63) is 116 Å². The highest BCUT2D eigenvalue weighted by Gasteiger charge is 2.56. The van der Waals surface area contributed by atoms with Crippen molar-refractivity contribution in [3.8, 4) is 57.4 Å². The highest BCUT2D eigenvalue weighted by Crippen LogP contribution is 2.50. The van der Waals surface area contributed by atoms with Gasteiger partial charge in [0.05, 0.1) is 50.5 Å². The lowest BCUT2D eigenvalue weighted by molar-refractivity contribution is -0.0311. The molecule has 2 saturated carbocycles. The zero-order chi connectivity index (χ0) is 52.4. The Labute approximate surface area is 444 Å². The van der Waals surface area contributed by atoms with Crippen molar-refractivity contribution in [3.63, 3.8) is 0 Å². The first-order valence-electron chi connectivity index (χ1n) is 26.2. The number of carbonyl (C=O) groups excluding carboxylic acids is 4. The van der Waals surface area contributed by atoms with E-state index >= 15 is 0 Å². The number of hydrogen-bond donors (Lipinski definition) is 3. The van der Waals surface area contributed by atoms with E-state index in [0.29, 0.717) is 87.0 Å². The van der Waals surface area contributed by atoms with Crippen LogP contribution >= 0.6 is 15.9 Å². The maximum atomic E-state index is 14.7. The minimum Gasteiger partial charge on any atom is -0.443 e. The van der Waals surface area contributed by atoms with Crippen LogP contribution < -0.4 is 5.73 Å². The fourth-order valence-electron chi connectivity index (χ4n) is 12.1. The molecular weight excluding hydrogens is 1010 g/mol. The van der Waals surface area contributed by atoms with E-state index in [1.807, 2.05) is 102 Å². The summed E-state index contributed by atoms with van der Waals surface area (Å²) in [5.74, 6) is 7.03. The fourth-order valence-corrected chi connectivity index (χ4v) is 12.3. The number of aryl methyl sites for hydroxylation is 2. The van der Waals surface area contributed by atoms with Crippen LogP contribution in [0.3, 0.4) is 0 Å². The first-order chi connectivity index (χ1) is 35.7. The molecule has 6 aliphatic rings. The molecule has 4 aromatic heterocycles. The number of aromatic nitrogens is 6. The third-order valence-electron chi connectivity index (χ3n) is 16.3. The Morgan fingerprint density at radius 3 is 1.60 bits per heavy atom. The van der Waals surface area contributed by atoms with Gasteiger partial charge < -0.3 is 25.2 Å². The first-order valence-corrected chi connectivity index (χ1v) is 27.0. The van der Waals surface area contributed by atoms with E-state index in [1.165, 1.54) is 9.80 Å². The molecule has 1 atom stereocenters. The molecule has 0 bridgehead atoms. The van der Waals surface area contributed by atoms with E-state index in [9.17, 15) is 19.2 Å². The fraction of sp³-hybridized carbons (Fsp3) is 0.424. The number of benzene rings is 2. The molecule has 6 heterocycles. The summed E-state index contributed by atoms with van der Waals surface area (Å²) in [5, 5.41) is 0. The predicted octanol–water partition coefficient (Wildman–Crippen LogP) is 10.8. The van der Waals surface area contributed by atoms with E-state index in [4.69, 9.17) is 30.2 Å². The van der Waals surface area contributed by atoms with Gasteiger partial charge in [0.15, 0.2) is 11.6 Å². The molecule has 384 valence electrons. The van der Waals surface area contributed by atoms with Crippen LogP contribution in [0.4, 0.5) is 9.59 Å². The van der Waals surface area contributed by atoms with Gasteiger partial charge in [-0.3, -0.25) is 9.59 Å². The number of aromatic amines is 2. The topological polar surface area (TPSA) is 202 Å². The maximum absolute atomic E-state index is 14.7. The monoisotopic (exact) mass is 1070 g/mol. The Bertz CT molecular complexity index is 3460. The molecule has 2 aliphatic heterocycles. The van der Waals surface area contributed by atoms with Crippen LogP contribution in [0.2, 0.25) is 0 Å². The number of rotatable bonds is 6. The summed E-state index contributed by atoms with van der Waals surface area (Å²) >= 11 is 3.51. The molecule has 0 saturated heterocycles. The van der Waals surface area contributed by atoms with Gasteiger partial charge in [0.25, 0.3) is 11.8 Å². The molecule has 4 amide bonds. The van der Waals surface area contributed by atoms with Crippen LogP contribution in [-0.2, 0) is 48.0 Å². The lowest BCUT2D eigenvalue weighted by Crippen LogP contribution is -2.63. The summed E-state index contributed by atoms with van der Waals surface area (Å²) in [6.45, 7) is 11.0. The average molecular weight is 1070 g/mol. The Morgan fingerprint density at radius 2 is 1.15 bits per heavy atom. The molecular formula is C59H60BrN9O6. The van der Waals surface area contributed by atoms with Crippen molar-refractivity contribution < 1.29 is 28.7 Å². The Kier molecular flexibility index (Phi) is 11.5. The predicted molar refractivity (Wildman–Crippen MR) is 285 cm³/mol. The van der Waals surface area contributed by atoms with Crippen molar-refractivity contribution in [2.24, 2.45) is 5.73 Å². The van der Waals surface area contributed by atoms with Crippen molar-refractivity contribution in [2.45, 2.75) is 159 Å². The van der Waals surface area contributed by atoms with Crippen molar-refractivity contribution in [2.75, 3.05) is 0 Å². The van der Waals surface area contributed by atoms with Gasteiger partial charge in [-0.2, -0.15) is 0 Å². The van der Waals surface area contributed by atoms with Gasteiger partial charge in [0.1, 0.15) is 11.2 Å². The Morgan fingerprint density at radius 1 is 0.680 bits per heavy atom. The molecule has 0 radical (unpaired) electrons. The quantitative estimate of drug-likeness (QED) is 0.134.